The molecule has 0 spiro atoms. The van der Waals surface area contributed by atoms with Crippen molar-refractivity contribution >= 4 is 22.6 Å². The van der Waals surface area contributed by atoms with E-state index in [9.17, 15) is 14.3 Å². The van der Waals surface area contributed by atoms with Crippen molar-refractivity contribution in [1.82, 2.24) is 9.55 Å². The molecule has 2 atom stereocenters. The maximum Gasteiger partial charge on any atom is 0.227 e. The van der Waals surface area contributed by atoms with Crippen molar-refractivity contribution < 1.29 is 19.0 Å². The topological polar surface area (TPSA) is 67.6 Å². The Morgan fingerprint density at radius 1 is 1.11 bits per heavy atom. The van der Waals surface area contributed by atoms with Crippen molar-refractivity contribution in [2.75, 3.05) is 18.1 Å². The van der Waals surface area contributed by atoms with E-state index in [1.807, 2.05) is 60.9 Å². The lowest BCUT2D eigenvalue weighted by Gasteiger charge is -2.19. The van der Waals surface area contributed by atoms with E-state index in [0.717, 1.165) is 27.9 Å². The molecule has 1 saturated heterocycles. The number of nitrogens with zero attached hydrogens (tertiary/aromatic N) is 3. The molecule has 1 fully saturated rings. The third-order valence-electron chi connectivity index (χ3n) is 6.47. The average molecular weight is 474 g/mol. The molecule has 0 unspecified atom stereocenters. The Hall–Kier alpha value is -3.71. The number of carbonyl (C=O) groups is 1. The standard InChI is InChI=1S/C28H28FN3O3/c1-18-11-12-26(19(2)13-18)35-17-21(33)16-32-25-10-6-4-8-23(25)30-28(32)20-14-27(34)31(15-20)24-9-5-3-7-22(24)29/h3-13,20-21,33H,14-17H2,1-2H3/t20-,21-/m0/s1. The predicted octanol–water partition coefficient (Wildman–Crippen LogP) is 4.75. The average Bonchev–Trinajstić information content (AvgIpc) is 3.39. The molecule has 0 saturated carbocycles. The number of aryl methyl sites for hydroxylation is 2. The molecule has 0 bridgehead atoms. The second-order valence-electron chi connectivity index (χ2n) is 9.16. The molecule has 1 aromatic heterocycles. The number of rotatable bonds is 7. The first kappa shape index (κ1) is 23.1. The molecule has 0 radical (unpaired) electrons. The summed E-state index contributed by atoms with van der Waals surface area (Å²) in [5.74, 6) is 0.671. The SMILES string of the molecule is Cc1ccc(OC[C@@H](O)Cn2c([C@H]3CC(=O)N(c4ccccc4F)C3)nc3ccccc32)c(C)c1. The zero-order chi connectivity index (χ0) is 24.5. The first-order chi connectivity index (χ1) is 16.9. The van der Waals surface area contributed by atoms with E-state index in [1.165, 1.54) is 11.0 Å². The molecule has 180 valence electrons. The highest BCUT2D eigenvalue weighted by atomic mass is 19.1. The zero-order valence-corrected chi connectivity index (χ0v) is 19.8. The maximum absolute atomic E-state index is 14.4. The van der Waals surface area contributed by atoms with Gasteiger partial charge in [0.1, 0.15) is 30.1 Å². The van der Waals surface area contributed by atoms with Crippen molar-refractivity contribution in [3.63, 3.8) is 0 Å². The molecule has 7 heteroatoms. The number of ether oxygens (including phenoxy) is 1. The lowest BCUT2D eigenvalue weighted by Crippen LogP contribution is -2.27. The Morgan fingerprint density at radius 2 is 1.89 bits per heavy atom. The lowest BCUT2D eigenvalue weighted by atomic mass is 10.1. The molecule has 1 N–H and O–H groups in total. The van der Waals surface area contributed by atoms with Crippen LogP contribution in [0.2, 0.25) is 0 Å². The van der Waals surface area contributed by atoms with Crippen molar-refractivity contribution in [1.29, 1.82) is 0 Å². The first-order valence-corrected chi connectivity index (χ1v) is 11.8. The van der Waals surface area contributed by atoms with Gasteiger partial charge in [-0.3, -0.25) is 4.79 Å². The number of fused-ring (bicyclic) bond motifs is 1. The van der Waals surface area contributed by atoms with Crippen LogP contribution in [0.1, 0.15) is 29.3 Å². The van der Waals surface area contributed by atoms with E-state index in [1.54, 1.807) is 18.2 Å². The summed E-state index contributed by atoms with van der Waals surface area (Å²) < 4.78 is 22.2. The number of imidazole rings is 1. The zero-order valence-electron chi connectivity index (χ0n) is 19.8. The third kappa shape index (κ3) is 4.64. The van der Waals surface area contributed by atoms with Gasteiger partial charge < -0.3 is 19.3 Å². The molecule has 1 amide bonds. The van der Waals surface area contributed by atoms with Crippen LogP contribution in [-0.2, 0) is 11.3 Å². The molecule has 6 nitrogen and oxygen atoms in total. The summed E-state index contributed by atoms with van der Waals surface area (Å²) in [7, 11) is 0. The van der Waals surface area contributed by atoms with Gasteiger partial charge in [0.05, 0.1) is 23.3 Å². The van der Waals surface area contributed by atoms with Gasteiger partial charge >= 0.3 is 0 Å². The number of para-hydroxylation sites is 3. The number of anilines is 1. The van der Waals surface area contributed by atoms with Gasteiger partial charge in [0, 0.05) is 18.9 Å². The number of amides is 1. The van der Waals surface area contributed by atoms with Crippen LogP contribution in [0.3, 0.4) is 0 Å². The number of hydrogen-bond donors (Lipinski definition) is 1. The van der Waals surface area contributed by atoms with Gasteiger partial charge in [0.2, 0.25) is 5.91 Å². The Bertz CT molecular complexity index is 1380. The number of aliphatic hydroxyl groups is 1. The van der Waals surface area contributed by atoms with Gasteiger partial charge in [-0.1, -0.05) is 42.0 Å². The van der Waals surface area contributed by atoms with Crippen molar-refractivity contribution in [2.45, 2.75) is 38.8 Å². The highest BCUT2D eigenvalue weighted by Gasteiger charge is 2.36. The van der Waals surface area contributed by atoms with Crippen LogP contribution in [0.25, 0.3) is 11.0 Å². The van der Waals surface area contributed by atoms with Crippen LogP contribution in [0.4, 0.5) is 10.1 Å². The Labute approximate surface area is 203 Å². The van der Waals surface area contributed by atoms with Gasteiger partial charge in [0.15, 0.2) is 0 Å². The van der Waals surface area contributed by atoms with E-state index >= 15 is 0 Å². The van der Waals surface area contributed by atoms with Crippen molar-refractivity contribution in [3.05, 3.63) is 89.5 Å². The highest BCUT2D eigenvalue weighted by molar-refractivity contribution is 5.96. The van der Waals surface area contributed by atoms with E-state index in [4.69, 9.17) is 9.72 Å². The molecule has 1 aliphatic heterocycles. The fraction of sp³-hybridized carbons (Fsp3) is 0.286. The van der Waals surface area contributed by atoms with E-state index < -0.39 is 11.9 Å². The predicted molar refractivity (Wildman–Crippen MR) is 133 cm³/mol. The summed E-state index contributed by atoms with van der Waals surface area (Å²) in [6, 6.07) is 20.0. The quantitative estimate of drug-likeness (QED) is 0.421. The number of aliphatic hydroxyl groups excluding tert-OH is 1. The minimum atomic E-state index is -0.785. The summed E-state index contributed by atoms with van der Waals surface area (Å²) in [4.78, 5) is 19.1. The van der Waals surface area contributed by atoms with E-state index in [0.29, 0.717) is 12.4 Å². The highest BCUT2D eigenvalue weighted by Crippen LogP contribution is 2.34. The fourth-order valence-corrected chi connectivity index (χ4v) is 4.79. The van der Waals surface area contributed by atoms with Crippen LogP contribution in [0.5, 0.6) is 5.75 Å². The Balaban J connectivity index is 1.39. The molecule has 35 heavy (non-hydrogen) atoms. The Kier molecular flexibility index (Phi) is 6.26. The van der Waals surface area contributed by atoms with Gasteiger partial charge in [-0.05, 0) is 49.7 Å². The van der Waals surface area contributed by atoms with Crippen LogP contribution in [-0.4, -0.2) is 39.8 Å². The van der Waals surface area contributed by atoms with Crippen molar-refractivity contribution in [3.8, 4) is 5.75 Å². The molecule has 1 aliphatic rings. The normalized spacial score (nSPS) is 16.7. The number of halogens is 1. The number of aromatic nitrogens is 2. The first-order valence-electron chi connectivity index (χ1n) is 11.8. The summed E-state index contributed by atoms with van der Waals surface area (Å²) in [5, 5.41) is 10.9. The summed E-state index contributed by atoms with van der Waals surface area (Å²) >= 11 is 0. The minimum absolute atomic E-state index is 0.126. The van der Waals surface area contributed by atoms with E-state index in [-0.39, 0.29) is 37.1 Å². The molecular weight excluding hydrogens is 445 g/mol. The van der Waals surface area contributed by atoms with Gasteiger partial charge in [-0.2, -0.15) is 0 Å². The second kappa shape index (κ2) is 9.50. The van der Waals surface area contributed by atoms with Crippen LogP contribution in [0, 0.1) is 19.7 Å². The smallest absolute Gasteiger partial charge is 0.227 e. The van der Waals surface area contributed by atoms with Crippen LogP contribution in [0.15, 0.2) is 66.7 Å². The van der Waals surface area contributed by atoms with Crippen LogP contribution >= 0.6 is 0 Å². The largest absolute Gasteiger partial charge is 0.491 e. The van der Waals surface area contributed by atoms with Crippen molar-refractivity contribution in [2.24, 2.45) is 0 Å². The molecule has 3 aromatic carbocycles. The summed E-state index contributed by atoms with van der Waals surface area (Å²) in [5.41, 5.74) is 4.13. The van der Waals surface area contributed by atoms with Gasteiger partial charge in [-0.15, -0.1) is 0 Å². The third-order valence-corrected chi connectivity index (χ3v) is 6.47. The number of carbonyl (C=O) groups excluding carboxylic acids is 1. The molecule has 4 aromatic rings. The van der Waals surface area contributed by atoms with Crippen LogP contribution < -0.4 is 9.64 Å². The monoisotopic (exact) mass is 473 g/mol. The Morgan fingerprint density at radius 3 is 2.69 bits per heavy atom. The maximum atomic E-state index is 14.4. The fourth-order valence-electron chi connectivity index (χ4n) is 4.79. The molecule has 0 aliphatic carbocycles. The minimum Gasteiger partial charge on any atom is -0.491 e. The summed E-state index contributed by atoms with van der Waals surface area (Å²) in [6.07, 6.45) is -0.556. The second-order valence-corrected chi connectivity index (χ2v) is 9.16. The van der Waals surface area contributed by atoms with E-state index in [2.05, 4.69) is 0 Å². The van der Waals surface area contributed by atoms with Gasteiger partial charge in [-0.25, -0.2) is 9.37 Å². The van der Waals surface area contributed by atoms with Gasteiger partial charge in [0.25, 0.3) is 0 Å². The number of hydrogen-bond acceptors (Lipinski definition) is 4. The molecule has 5 rings (SSSR count). The number of benzene rings is 3. The molecular formula is C28H28FN3O3. The lowest BCUT2D eigenvalue weighted by molar-refractivity contribution is -0.117. The summed E-state index contributed by atoms with van der Waals surface area (Å²) in [6.45, 7) is 4.73. The molecule has 2 heterocycles.